The molecule has 0 bridgehead atoms. The average Bonchev–Trinajstić information content (AvgIpc) is 3.50. The van der Waals surface area contributed by atoms with E-state index >= 15 is 0 Å². The third kappa shape index (κ3) is 4.18. The Hall–Kier alpha value is -2.13. The van der Waals surface area contributed by atoms with E-state index < -0.39 is 0 Å². The van der Waals surface area contributed by atoms with Gasteiger partial charge in [0.05, 0.1) is 5.92 Å². The largest absolute Gasteiger partial charge is 0.352 e. The summed E-state index contributed by atoms with van der Waals surface area (Å²) in [5.41, 5.74) is 2.59. The summed E-state index contributed by atoms with van der Waals surface area (Å²) in [6, 6.07) is 21.6. The van der Waals surface area contributed by atoms with Crippen LogP contribution < -0.4 is 5.32 Å². The Kier molecular flexibility index (Phi) is 5.90. The highest BCUT2D eigenvalue weighted by molar-refractivity contribution is 5.84. The first-order chi connectivity index (χ1) is 14.8. The van der Waals surface area contributed by atoms with Crippen molar-refractivity contribution < 1.29 is 4.79 Å². The number of carbonyl (C=O) groups is 1. The fraction of sp³-hybridized carbons (Fsp3) is 0.519. The number of fused-ring (bicyclic) bond motifs is 1. The van der Waals surface area contributed by atoms with Crippen molar-refractivity contribution in [2.24, 2.45) is 17.8 Å². The van der Waals surface area contributed by atoms with Crippen molar-refractivity contribution in [3.05, 3.63) is 71.8 Å². The zero-order valence-electron chi connectivity index (χ0n) is 17.9. The topological polar surface area (TPSA) is 32.3 Å². The van der Waals surface area contributed by atoms with Crippen LogP contribution in [0.2, 0.25) is 0 Å². The van der Waals surface area contributed by atoms with Gasteiger partial charge in [0.1, 0.15) is 0 Å². The first-order valence-corrected chi connectivity index (χ1v) is 11.9. The van der Waals surface area contributed by atoms with Gasteiger partial charge < -0.3 is 5.32 Å². The lowest BCUT2D eigenvalue weighted by Gasteiger charge is -2.27. The smallest absolute Gasteiger partial charge is 0.228 e. The van der Waals surface area contributed by atoms with Gasteiger partial charge in [-0.15, -0.1) is 0 Å². The Morgan fingerprint density at radius 1 is 0.900 bits per heavy atom. The number of amides is 1. The third-order valence-corrected chi connectivity index (χ3v) is 7.82. The van der Waals surface area contributed by atoms with Gasteiger partial charge in [-0.1, -0.05) is 73.5 Å². The maximum absolute atomic E-state index is 13.5. The van der Waals surface area contributed by atoms with Crippen LogP contribution in [-0.4, -0.2) is 29.9 Å². The zero-order valence-corrected chi connectivity index (χ0v) is 17.9. The number of likely N-dealkylation sites (tertiary alicyclic amines) is 1. The zero-order chi connectivity index (χ0) is 20.3. The molecule has 3 aliphatic rings. The molecule has 0 radical (unpaired) electrons. The maximum atomic E-state index is 13.5. The van der Waals surface area contributed by atoms with Crippen molar-refractivity contribution in [2.45, 2.75) is 57.0 Å². The molecule has 2 aromatic carbocycles. The second-order valence-corrected chi connectivity index (χ2v) is 9.73. The van der Waals surface area contributed by atoms with E-state index in [0.717, 1.165) is 25.4 Å². The first kappa shape index (κ1) is 19.8. The van der Waals surface area contributed by atoms with Crippen molar-refractivity contribution in [3.8, 4) is 0 Å². The molecule has 3 nitrogen and oxygen atoms in total. The molecule has 158 valence electrons. The fourth-order valence-corrected chi connectivity index (χ4v) is 6.37. The molecule has 3 fully saturated rings. The lowest BCUT2D eigenvalue weighted by molar-refractivity contribution is -0.124. The minimum atomic E-state index is 0.0228. The molecular weight excluding hydrogens is 368 g/mol. The molecule has 5 rings (SSSR count). The van der Waals surface area contributed by atoms with Crippen LogP contribution in [-0.2, 0) is 11.3 Å². The summed E-state index contributed by atoms with van der Waals surface area (Å²) < 4.78 is 0. The van der Waals surface area contributed by atoms with Gasteiger partial charge in [-0.3, -0.25) is 9.69 Å². The van der Waals surface area contributed by atoms with Crippen LogP contribution in [0, 0.1) is 17.8 Å². The lowest BCUT2D eigenvalue weighted by Crippen LogP contribution is -2.43. The van der Waals surface area contributed by atoms with Gasteiger partial charge in [-0.25, -0.2) is 0 Å². The molecule has 1 heterocycles. The summed E-state index contributed by atoms with van der Waals surface area (Å²) in [6.45, 7) is 3.32. The monoisotopic (exact) mass is 402 g/mol. The van der Waals surface area contributed by atoms with Crippen LogP contribution in [0.4, 0.5) is 0 Å². The van der Waals surface area contributed by atoms with Crippen molar-refractivity contribution in [2.75, 3.05) is 13.1 Å². The molecule has 3 heteroatoms. The van der Waals surface area contributed by atoms with E-state index in [1.165, 1.54) is 49.8 Å². The highest BCUT2D eigenvalue weighted by Crippen LogP contribution is 2.41. The lowest BCUT2D eigenvalue weighted by atomic mass is 9.83. The van der Waals surface area contributed by atoms with Crippen molar-refractivity contribution in [1.29, 1.82) is 0 Å². The Morgan fingerprint density at radius 2 is 1.60 bits per heavy atom. The van der Waals surface area contributed by atoms with Crippen LogP contribution in [0.5, 0.6) is 0 Å². The van der Waals surface area contributed by atoms with E-state index in [0.29, 0.717) is 17.9 Å². The van der Waals surface area contributed by atoms with Crippen LogP contribution in [0.1, 0.15) is 55.6 Å². The normalized spacial score (nSPS) is 27.8. The molecule has 30 heavy (non-hydrogen) atoms. The Bertz CT molecular complexity index is 830. The van der Waals surface area contributed by atoms with Gasteiger partial charge in [0.25, 0.3) is 0 Å². The first-order valence-electron chi connectivity index (χ1n) is 11.9. The van der Waals surface area contributed by atoms with Crippen molar-refractivity contribution >= 4 is 5.91 Å². The second kappa shape index (κ2) is 8.93. The minimum absolute atomic E-state index is 0.0228. The maximum Gasteiger partial charge on any atom is 0.228 e. The minimum Gasteiger partial charge on any atom is -0.352 e. The summed E-state index contributed by atoms with van der Waals surface area (Å²) in [5.74, 6) is 2.15. The van der Waals surface area contributed by atoms with Crippen LogP contribution in [0.25, 0.3) is 0 Å². The fourth-order valence-electron chi connectivity index (χ4n) is 6.37. The molecule has 2 aliphatic carbocycles. The van der Waals surface area contributed by atoms with E-state index in [9.17, 15) is 4.79 Å². The second-order valence-electron chi connectivity index (χ2n) is 9.73. The van der Waals surface area contributed by atoms with Gasteiger partial charge >= 0.3 is 0 Å². The molecule has 4 atom stereocenters. The molecule has 1 N–H and O–H groups in total. The molecule has 1 aliphatic heterocycles. The van der Waals surface area contributed by atoms with Crippen molar-refractivity contribution in [1.82, 2.24) is 10.2 Å². The number of nitrogens with one attached hydrogen (secondary N) is 1. The molecule has 0 aromatic heterocycles. The molecular formula is C27H34N2O. The number of benzene rings is 2. The Balaban J connectivity index is 1.25. The standard InChI is InChI=1S/C27H34N2O/c30-27(26(22-13-7-8-14-22)21-11-5-2-6-12-21)28-25-16-15-23-18-29(19-24(23)25)17-20-9-3-1-4-10-20/h1-6,9-12,22-26H,7-8,13-19H2,(H,28,30)/t23-,24+,25-,26?/m0/s1. The molecule has 2 saturated carbocycles. The third-order valence-electron chi connectivity index (χ3n) is 7.82. The number of rotatable bonds is 6. The highest BCUT2D eigenvalue weighted by Gasteiger charge is 2.44. The van der Waals surface area contributed by atoms with Gasteiger partial charge in [0.15, 0.2) is 0 Å². The average molecular weight is 403 g/mol. The van der Waals surface area contributed by atoms with E-state index in [4.69, 9.17) is 0 Å². The molecule has 1 saturated heterocycles. The Labute approximate surface area is 180 Å². The number of hydrogen-bond donors (Lipinski definition) is 1. The number of hydrogen-bond acceptors (Lipinski definition) is 2. The van der Waals surface area contributed by atoms with E-state index in [2.05, 4.69) is 70.9 Å². The summed E-state index contributed by atoms with van der Waals surface area (Å²) in [7, 11) is 0. The van der Waals surface area contributed by atoms with Crippen molar-refractivity contribution in [3.63, 3.8) is 0 Å². The summed E-state index contributed by atoms with van der Waals surface area (Å²) in [5, 5.41) is 3.54. The number of carbonyl (C=O) groups excluding carboxylic acids is 1. The molecule has 1 unspecified atom stereocenters. The van der Waals surface area contributed by atoms with Gasteiger partial charge in [0.2, 0.25) is 5.91 Å². The summed E-state index contributed by atoms with van der Waals surface area (Å²) in [4.78, 5) is 16.1. The number of nitrogens with zero attached hydrogens (tertiary/aromatic N) is 1. The SMILES string of the molecule is O=C(N[C@H]1CC[C@H]2CN(Cc3ccccc3)C[C@H]21)C(c1ccccc1)C1CCCC1. The van der Waals surface area contributed by atoms with Crippen LogP contribution >= 0.6 is 0 Å². The van der Waals surface area contributed by atoms with E-state index in [-0.39, 0.29) is 11.8 Å². The Morgan fingerprint density at radius 3 is 2.33 bits per heavy atom. The summed E-state index contributed by atoms with van der Waals surface area (Å²) >= 11 is 0. The quantitative estimate of drug-likeness (QED) is 0.738. The van der Waals surface area contributed by atoms with Gasteiger partial charge in [-0.05, 0) is 54.6 Å². The van der Waals surface area contributed by atoms with Gasteiger partial charge in [0, 0.05) is 25.7 Å². The molecule has 2 aromatic rings. The van der Waals surface area contributed by atoms with Crippen LogP contribution in [0.3, 0.4) is 0 Å². The van der Waals surface area contributed by atoms with E-state index in [1.807, 2.05) is 0 Å². The van der Waals surface area contributed by atoms with Gasteiger partial charge in [-0.2, -0.15) is 0 Å². The molecule has 0 spiro atoms. The van der Waals surface area contributed by atoms with E-state index in [1.54, 1.807) is 0 Å². The molecule has 1 amide bonds. The summed E-state index contributed by atoms with van der Waals surface area (Å²) in [6.07, 6.45) is 7.31. The van der Waals surface area contributed by atoms with Crippen LogP contribution in [0.15, 0.2) is 60.7 Å². The predicted molar refractivity (Wildman–Crippen MR) is 121 cm³/mol. The predicted octanol–water partition coefficient (Wildman–Crippen LogP) is 4.99. The highest BCUT2D eigenvalue weighted by atomic mass is 16.2.